The van der Waals surface area contributed by atoms with Gasteiger partial charge in [0.05, 0.1) is 30.3 Å². The van der Waals surface area contributed by atoms with Gasteiger partial charge in [0.2, 0.25) is 0 Å². The highest BCUT2D eigenvalue weighted by Gasteiger charge is 2.46. The molecule has 2 saturated heterocycles. The molecule has 0 amide bonds. The lowest BCUT2D eigenvalue weighted by Gasteiger charge is -2.31. The minimum Gasteiger partial charge on any atom is -0.469 e. The van der Waals surface area contributed by atoms with E-state index in [4.69, 9.17) is 27.9 Å². The first-order valence-corrected chi connectivity index (χ1v) is 19.9. The highest BCUT2D eigenvalue weighted by atomic mass is 32.2. The van der Waals surface area contributed by atoms with E-state index in [1.807, 2.05) is 13.8 Å². The van der Waals surface area contributed by atoms with Gasteiger partial charge in [-0.25, -0.2) is 0 Å². The highest BCUT2D eigenvalue weighted by molar-refractivity contribution is 7.86. The van der Waals surface area contributed by atoms with E-state index in [9.17, 15) is 13.2 Å². The molecule has 0 radical (unpaired) electrons. The van der Waals surface area contributed by atoms with Gasteiger partial charge in [0.25, 0.3) is 10.1 Å². The Labute approximate surface area is 300 Å². The lowest BCUT2D eigenvalue weighted by molar-refractivity contribution is -0.193. The highest BCUT2D eigenvalue weighted by Crippen LogP contribution is 2.42. The number of hydrogen-bond acceptors (Lipinski definition) is 9. The van der Waals surface area contributed by atoms with Gasteiger partial charge in [-0.2, -0.15) is 8.42 Å². The van der Waals surface area contributed by atoms with Crippen molar-refractivity contribution in [2.75, 3.05) is 20.3 Å². The lowest BCUT2D eigenvalue weighted by Crippen LogP contribution is -2.32. The standard InChI is InChI=1S/C40H58O9S/c1-5-6-9-16-31(3)35(47-39-19-12-14-27-45-39)26-25-34-33(17-10-7-8-11-18-38(41)44-4)37(29-36(34)48-40-20-13-15-28-46-40)49-50(42,43)32-23-21-30(2)22-24-32/h7,10,21-26,31,33-37,39-40H,8-9,11-20,27-29H2,1-4H3/t31?,33-,34-,35-,36-,37+,39?,40?/m1/s1. The van der Waals surface area contributed by atoms with Crippen LogP contribution in [-0.4, -0.2) is 65.6 Å². The molecule has 2 aliphatic heterocycles. The number of unbranched alkanes of at least 4 members (excludes halogenated alkanes) is 1. The van der Waals surface area contributed by atoms with E-state index in [1.54, 1.807) is 24.3 Å². The van der Waals surface area contributed by atoms with Crippen molar-refractivity contribution in [3.63, 3.8) is 0 Å². The zero-order valence-electron chi connectivity index (χ0n) is 30.4. The Morgan fingerprint density at radius 3 is 2.40 bits per heavy atom. The number of carbonyl (C=O) groups is 1. The van der Waals surface area contributed by atoms with E-state index in [0.717, 1.165) is 56.9 Å². The molecule has 1 aromatic carbocycles. The molecule has 1 aromatic rings. The smallest absolute Gasteiger partial charge is 0.305 e. The van der Waals surface area contributed by atoms with Crippen LogP contribution in [-0.2, 0) is 42.8 Å². The molecule has 278 valence electrons. The third-order valence-corrected chi connectivity index (χ3v) is 11.2. The summed E-state index contributed by atoms with van der Waals surface area (Å²) in [6, 6.07) is 6.74. The number of methoxy groups -OCH3 is 1. The van der Waals surface area contributed by atoms with E-state index < -0.39 is 16.2 Å². The van der Waals surface area contributed by atoms with Crippen LogP contribution in [0, 0.1) is 36.5 Å². The Morgan fingerprint density at radius 2 is 1.74 bits per heavy atom. The second-order valence-electron chi connectivity index (χ2n) is 13.7. The molecule has 3 unspecified atom stereocenters. The molecule has 50 heavy (non-hydrogen) atoms. The van der Waals surface area contributed by atoms with E-state index in [2.05, 4.69) is 43.1 Å². The number of rotatable bonds is 18. The van der Waals surface area contributed by atoms with E-state index >= 15 is 0 Å². The van der Waals surface area contributed by atoms with E-state index in [-0.39, 0.29) is 53.4 Å². The second kappa shape index (κ2) is 21.1. The first-order valence-electron chi connectivity index (χ1n) is 18.5. The third kappa shape index (κ3) is 12.9. The summed E-state index contributed by atoms with van der Waals surface area (Å²) in [5, 5.41) is 0. The molecular weight excluding hydrogens is 656 g/mol. The fraction of sp³-hybridized carbons (Fsp3) is 0.675. The van der Waals surface area contributed by atoms with Crippen molar-refractivity contribution in [3.05, 3.63) is 54.1 Å². The molecule has 0 spiro atoms. The summed E-state index contributed by atoms with van der Waals surface area (Å²) in [4.78, 5) is 11.7. The van der Waals surface area contributed by atoms with Crippen LogP contribution in [0.2, 0.25) is 0 Å². The van der Waals surface area contributed by atoms with Crippen molar-refractivity contribution < 1.29 is 41.1 Å². The molecule has 9 nitrogen and oxygen atoms in total. The van der Waals surface area contributed by atoms with Gasteiger partial charge in [0.1, 0.15) is 0 Å². The summed E-state index contributed by atoms with van der Waals surface area (Å²) in [7, 11) is -2.65. The quantitative estimate of drug-likeness (QED) is 0.0495. The Morgan fingerprint density at radius 1 is 1.02 bits per heavy atom. The summed E-state index contributed by atoms with van der Waals surface area (Å²) < 4.78 is 63.4. The van der Waals surface area contributed by atoms with Crippen LogP contribution in [0.4, 0.5) is 0 Å². The maximum Gasteiger partial charge on any atom is 0.305 e. The number of hydrogen-bond donors (Lipinski definition) is 0. The molecule has 0 N–H and O–H groups in total. The number of benzene rings is 1. The van der Waals surface area contributed by atoms with Gasteiger partial charge in [-0.05, 0) is 102 Å². The molecule has 2 heterocycles. The van der Waals surface area contributed by atoms with Crippen LogP contribution in [0.3, 0.4) is 0 Å². The summed E-state index contributed by atoms with van der Waals surface area (Å²) in [5.74, 6) is 5.76. The summed E-state index contributed by atoms with van der Waals surface area (Å²) in [6.07, 6.45) is 16.8. The van der Waals surface area contributed by atoms with Gasteiger partial charge in [-0.3, -0.25) is 8.98 Å². The van der Waals surface area contributed by atoms with Gasteiger partial charge in [0, 0.05) is 38.4 Å². The van der Waals surface area contributed by atoms with Gasteiger partial charge >= 0.3 is 5.97 Å². The average Bonchev–Trinajstić information content (AvgIpc) is 3.42. The maximum atomic E-state index is 13.6. The van der Waals surface area contributed by atoms with E-state index in [1.165, 1.54) is 7.11 Å². The maximum absolute atomic E-state index is 13.6. The lowest BCUT2D eigenvalue weighted by atomic mass is 9.88. The molecule has 8 atom stereocenters. The molecule has 0 aromatic heterocycles. The van der Waals surface area contributed by atoms with Crippen LogP contribution < -0.4 is 0 Å². The summed E-state index contributed by atoms with van der Waals surface area (Å²) in [5.41, 5.74) is 0.970. The fourth-order valence-corrected chi connectivity index (χ4v) is 8.01. The molecule has 3 aliphatic rings. The predicted molar refractivity (Wildman–Crippen MR) is 192 cm³/mol. The number of allylic oxidation sites excluding steroid dienone is 2. The second-order valence-corrected chi connectivity index (χ2v) is 15.3. The molecule has 1 saturated carbocycles. The van der Waals surface area contributed by atoms with Crippen LogP contribution in [0.5, 0.6) is 0 Å². The monoisotopic (exact) mass is 714 g/mol. The zero-order valence-corrected chi connectivity index (χ0v) is 31.2. The molecule has 0 bridgehead atoms. The molecule has 1 aliphatic carbocycles. The van der Waals surface area contributed by atoms with Gasteiger partial charge in [0.15, 0.2) is 12.6 Å². The Kier molecular flexibility index (Phi) is 17.0. The minimum absolute atomic E-state index is 0.136. The van der Waals surface area contributed by atoms with Crippen molar-refractivity contribution in [1.82, 2.24) is 0 Å². The average molecular weight is 715 g/mol. The van der Waals surface area contributed by atoms with Crippen molar-refractivity contribution in [3.8, 4) is 11.8 Å². The van der Waals surface area contributed by atoms with Gasteiger partial charge in [-0.1, -0.05) is 48.9 Å². The van der Waals surface area contributed by atoms with Crippen molar-refractivity contribution in [1.29, 1.82) is 0 Å². The summed E-state index contributed by atoms with van der Waals surface area (Å²) in [6.45, 7) is 7.30. The Bertz CT molecular complexity index is 1380. The largest absolute Gasteiger partial charge is 0.469 e. The number of carbonyl (C=O) groups excluding carboxylic acids is 1. The Balaban J connectivity index is 1.63. The molecular formula is C40H58O9S. The SMILES string of the molecule is CC#CCCC(C)[C@@H](C=C[C@@H]1[C@@H](CC=CCCCC(=O)OC)[C@@H](OS(=O)(=O)c2ccc(C)cc2)C[C@H]1OC1CCCCO1)OC1CCCCO1. The van der Waals surface area contributed by atoms with E-state index in [0.29, 0.717) is 45.3 Å². The number of esters is 1. The number of aryl methyl sites for hydroxylation is 1. The molecule has 10 heteroatoms. The molecule has 3 fully saturated rings. The van der Waals surface area contributed by atoms with Crippen molar-refractivity contribution >= 4 is 16.1 Å². The number of ether oxygens (including phenoxy) is 5. The minimum atomic E-state index is -4.04. The van der Waals surface area contributed by atoms with Crippen LogP contribution in [0.1, 0.15) is 103 Å². The fourth-order valence-electron chi connectivity index (χ4n) is 6.88. The van der Waals surface area contributed by atoms with Crippen LogP contribution >= 0.6 is 0 Å². The third-order valence-electron chi connectivity index (χ3n) is 9.88. The first kappa shape index (κ1) is 40.3. The Hall–Kier alpha value is -2.52. The van der Waals surface area contributed by atoms with Gasteiger partial charge in [-0.15, -0.1) is 11.8 Å². The molecule has 4 rings (SSSR count). The van der Waals surface area contributed by atoms with Gasteiger partial charge < -0.3 is 23.7 Å². The first-order chi connectivity index (χ1) is 24.2. The van der Waals surface area contributed by atoms with Crippen molar-refractivity contribution in [2.24, 2.45) is 17.8 Å². The summed E-state index contributed by atoms with van der Waals surface area (Å²) >= 11 is 0. The van der Waals surface area contributed by atoms with Crippen LogP contribution in [0.15, 0.2) is 53.5 Å². The normalized spacial score (nSPS) is 27.2. The topological polar surface area (TPSA) is 107 Å². The predicted octanol–water partition coefficient (Wildman–Crippen LogP) is 7.81. The van der Waals surface area contributed by atoms with Crippen LogP contribution in [0.25, 0.3) is 0 Å². The zero-order chi connectivity index (χ0) is 35.8. The van der Waals surface area contributed by atoms with Crippen molar-refractivity contribution in [2.45, 2.75) is 140 Å².